The number of hydrogen-bond acceptors (Lipinski definition) is 6. The average molecular weight is 904 g/mol. The van der Waals surface area contributed by atoms with Crippen LogP contribution in [0.4, 0.5) is 0 Å². The number of carbonyl (C=O) groups excluding carboxylic acids is 3. The quantitative estimate of drug-likeness (QED) is 0.0262. The first-order valence-corrected chi connectivity index (χ1v) is 28.7. The van der Waals surface area contributed by atoms with Gasteiger partial charge in [0.25, 0.3) is 0 Å². The van der Waals surface area contributed by atoms with Crippen LogP contribution in [0.5, 0.6) is 0 Å². The molecule has 6 nitrogen and oxygen atoms in total. The van der Waals surface area contributed by atoms with Crippen molar-refractivity contribution < 1.29 is 28.6 Å². The van der Waals surface area contributed by atoms with Crippen molar-refractivity contribution in [2.45, 2.75) is 329 Å². The van der Waals surface area contributed by atoms with Crippen molar-refractivity contribution in [1.29, 1.82) is 0 Å². The maximum absolute atomic E-state index is 12.8. The van der Waals surface area contributed by atoms with E-state index in [0.717, 1.165) is 57.8 Å². The number of esters is 3. The molecule has 0 fully saturated rings. The minimum Gasteiger partial charge on any atom is -0.462 e. The maximum atomic E-state index is 12.8. The number of hydrogen-bond donors (Lipinski definition) is 0. The Kier molecular flexibility index (Phi) is 52.2. The molecule has 378 valence electrons. The summed E-state index contributed by atoms with van der Waals surface area (Å²) in [6.07, 6.45) is 60.6. The first-order chi connectivity index (χ1) is 31.5. The van der Waals surface area contributed by atoms with Gasteiger partial charge in [-0.15, -0.1) is 0 Å². The van der Waals surface area contributed by atoms with Crippen LogP contribution >= 0.6 is 0 Å². The second-order valence-corrected chi connectivity index (χ2v) is 19.6. The van der Waals surface area contributed by atoms with Crippen LogP contribution in [0.25, 0.3) is 0 Å². The van der Waals surface area contributed by atoms with Crippen molar-refractivity contribution in [2.24, 2.45) is 0 Å². The molecule has 0 aromatic rings. The third kappa shape index (κ3) is 51.1. The van der Waals surface area contributed by atoms with Gasteiger partial charge in [0.1, 0.15) is 13.2 Å². The minimum atomic E-state index is -0.765. The molecule has 0 heterocycles. The minimum absolute atomic E-state index is 0.0656. The zero-order valence-corrected chi connectivity index (χ0v) is 43.3. The van der Waals surface area contributed by atoms with E-state index in [-0.39, 0.29) is 31.1 Å². The molecule has 0 aromatic carbocycles. The molecule has 64 heavy (non-hydrogen) atoms. The number of carbonyl (C=O) groups is 3. The predicted molar refractivity (Wildman–Crippen MR) is 275 cm³/mol. The number of ether oxygens (including phenoxy) is 3. The van der Waals surface area contributed by atoms with Gasteiger partial charge in [-0.3, -0.25) is 14.4 Å². The SMILES string of the molecule is CCCCCCCCCC/C=C\CCCCCCCCCC(=O)OC[C@@H](COC(=O)CCCCCCCCCCCCC)OC(=O)CCCCCCCCCCCCCCCCCC. The second kappa shape index (κ2) is 53.8. The highest BCUT2D eigenvalue weighted by Crippen LogP contribution is 2.17. The summed E-state index contributed by atoms with van der Waals surface area (Å²) in [5.74, 6) is -0.848. The van der Waals surface area contributed by atoms with Crippen molar-refractivity contribution in [3.8, 4) is 0 Å². The predicted octanol–water partition coefficient (Wildman–Crippen LogP) is 18.9. The summed E-state index contributed by atoms with van der Waals surface area (Å²) in [6, 6.07) is 0. The Labute approximate surface area is 399 Å². The molecule has 0 aromatic heterocycles. The lowest BCUT2D eigenvalue weighted by Crippen LogP contribution is -2.30. The standard InChI is InChI=1S/C58H110O6/c1-4-7-10-13-16-19-22-24-26-28-29-30-32-33-36-39-42-45-48-51-57(60)63-54-55(53-62-56(59)50-47-44-41-38-35-21-18-15-12-9-6-3)64-58(61)52-49-46-43-40-37-34-31-27-25-23-20-17-14-11-8-5-2/h28-29,55H,4-27,30-54H2,1-3H3/b29-28-/t55-/m1/s1. The average Bonchev–Trinajstić information content (AvgIpc) is 3.29. The number of allylic oxidation sites excluding steroid dienone is 2. The Morgan fingerprint density at radius 2 is 0.516 bits per heavy atom. The smallest absolute Gasteiger partial charge is 0.306 e. The fourth-order valence-electron chi connectivity index (χ4n) is 8.68. The first kappa shape index (κ1) is 62.1. The van der Waals surface area contributed by atoms with Gasteiger partial charge in [0.05, 0.1) is 0 Å². The topological polar surface area (TPSA) is 78.9 Å². The van der Waals surface area contributed by atoms with Crippen LogP contribution in [0.3, 0.4) is 0 Å². The summed E-state index contributed by atoms with van der Waals surface area (Å²) in [4.78, 5) is 38.1. The van der Waals surface area contributed by atoms with E-state index in [1.54, 1.807) is 0 Å². The summed E-state index contributed by atoms with van der Waals surface area (Å²) in [5, 5.41) is 0. The summed E-state index contributed by atoms with van der Waals surface area (Å²) in [6.45, 7) is 6.68. The molecule has 0 spiro atoms. The molecule has 0 aliphatic carbocycles. The highest BCUT2D eigenvalue weighted by atomic mass is 16.6. The van der Waals surface area contributed by atoms with Crippen molar-refractivity contribution >= 4 is 17.9 Å². The highest BCUT2D eigenvalue weighted by Gasteiger charge is 2.19. The van der Waals surface area contributed by atoms with Gasteiger partial charge in [0.2, 0.25) is 0 Å². The van der Waals surface area contributed by atoms with Gasteiger partial charge in [-0.2, -0.15) is 0 Å². The molecule has 0 aliphatic heterocycles. The van der Waals surface area contributed by atoms with Gasteiger partial charge >= 0.3 is 17.9 Å². The molecule has 0 saturated heterocycles. The first-order valence-electron chi connectivity index (χ1n) is 28.7. The Bertz CT molecular complexity index is 993. The van der Waals surface area contributed by atoms with E-state index in [0.29, 0.717) is 19.3 Å². The third-order valence-corrected chi connectivity index (χ3v) is 13.0. The van der Waals surface area contributed by atoms with E-state index in [2.05, 4.69) is 32.9 Å². The van der Waals surface area contributed by atoms with E-state index >= 15 is 0 Å². The molecule has 6 heteroatoms. The zero-order valence-electron chi connectivity index (χ0n) is 43.3. The molecular formula is C58H110O6. The van der Waals surface area contributed by atoms with E-state index in [1.165, 1.54) is 225 Å². The van der Waals surface area contributed by atoms with Crippen molar-refractivity contribution in [3.63, 3.8) is 0 Å². The Morgan fingerprint density at radius 3 is 0.781 bits per heavy atom. The second-order valence-electron chi connectivity index (χ2n) is 19.6. The van der Waals surface area contributed by atoms with Crippen LogP contribution in [-0.4, -0.2) is 37.2 Å². The molecule has 0 saturated carbocycles. The van der Waals surface area contributed by atoms with Gasteiger partial charge < -0.3 is 14.2 Å². The van der Waals surface area contributed by atoms with Gasteiger partial charge in [0, 0.05) is 19.3 Å². The fourth-order valence-corrected chi connectivity index (χ4v) is 8.68. The normalized spacial score (nSPS) is 12.0. The summed E-state index contributed by atoms with van der Waals surface area (Å²) < 4.78 is 16.9. The van der Waals surface area contributed by atoms with Crippen LogP contribution in [0.2, 0.25) is 0 Å². The molecule has 0 rings (SSSR count). The van der Waals surface area contributed by atoms with Gasteiger partial charge in [-0.1, -0.05) is 270 Å². The molecule has 0 N–H and O–H groups in total. The third-order valence-electron chi connectivity index (χ3n) is 13.0. The lowest BCUT2D eigenvalue weighted by Gasteiger charge is -2.18. The lowest BCUT2D eigenvalue weighted by atomic mass is 10.0. The van der Waals surface area contributed by atoms with Crippen LogP contribution in [0.1, 0.15) is 323 Å². The zero-order chi connectivity index (χ0) is 46.5. The molecular weight excluding hydrogens is 793 g/mol. The number of unbranched alkanes of at least 4 members (excludes halogenated alkanes) is 40. The van der Waals surface area contributed by atoms with E-state index in [4.69, 9.17) is 14.2 Å². The van der Waals surface area contributed by atoms with Crippen LogP contribution in [-0.2, 0) is 28.6 Å². The lowest BCUT2D eigenvalue weighted by molar-refractivity contribution is -0.167. The Hall–Kier alpha value is -1.85. The summed E-state index contributed by atoms with van der Waals surface area (Å²) in [7, 11) is 0. The maximum Gasteiger partial charge on any atom is 0.306 e. The van der Waals surface area contributed by atoms with E-state index < -0.39 is 6.10 Å². The Morgan fingerprint density at radius 1 is 0.297 bits per heavy atom. The summed E-state index contributed by atoms with van der Waals surface area (Å²) >= 11 is 0. The molecule has 0 aliphatic rings. The van der Waals surface area contributed by atoms with E-state index in [1.807, 2.05) is 0 Å². The van der Waals surface area contributed by atoms with Crippen molar-refractivity contribution in [3.05, 3.63) is 12.2 Å². The van der Waals surface area contributed by atoms with Gasteiger partial charge in [-0.05, 0) is 44.9 Å². The molecule has 0 radical (unpaired) electrons. The van der Waals surface area contributed by atoms with Gasteiger partial charge in [0.15, 0.2) is 6.10 Å². The van der Waals surface area contributed by atoms with Crippen LogP contribution < -0.4 is 0 Å². The largest absolute Gasteiger partial charge is 0.462 e. The van der Waals surface area contributed by atoms with Crippen molar-refractivity contribution in [1.82, 2.24) is 0 Å². The monoisotopic (exact) mass is 903 g/mol. The Balaban J connectivity index is 4.27. The molecule has 0 amide bonds. The van der Waals surface area contributed by atoms with E-state index in [9.17, 15) is 14.4 Å². The van der Waals surface area contributed by atoms with Crippen LogP contribution in [0, 0.1) is 0 Å². The number of rotatable bonds is 53. The van der Waals surface area contributed by atoms with Gasteiger partial charge in [-0.25, -0.2) is 0 Å². The molecule has 1 atom stereocenters. The molecule has 0 unspecified atom stereocenters. The fraction of sp³-hybridized carbons (Fsp3) is 0.914. The highest BCUT2D eigenvalue weighted by molar-refractivity contribution is 5.71. The molecule has 0 bridgehead atoms. The van der Waals surface area contributed by atoms with Crippen LogP contribution in [0.15, 0.2) is 12.2 Å². The van der Waals surface area contributed by atoms with Crippen molar-refractivity contribution in [2.75, 3.05) is 13.2 Å². The summed E-state index contributed by atoms with van der Waals surface area (Å²) in [5.41, 5.74) is 0.